The molecular formula is C22H34ClN3O3. The summed E-state index contributed by atoms with van der Waals surface area (Å²) in [5.74, 6) is 0.694. The van der Waals surface area contributed by atoms with Crippen LogP contribution in [0.3, 0.4) is 0 Å². The predicted octanol–water partition coefficient (Wildman–Crippen LogP) is 4.75. The molecule has 1 aromatic heterocycles. The first-order valence-electron chi connectivity index (χ1n) is 9.85. The molecule has 7 heteroatoms. The molecule has 1 unspecified atom stereocenters. The fraction of sp³-hybridized carbons (Fsp3) is 0.500. The largest absolute Gasteiger partial charge is 0.483 e. The standard InChI is InChI=1S/C15H24ClN.C6H8N2O.CH2O2/c1-3-6-13(7-4-2)15(17)11-12-8-5-9-14(16)10-12;1-5(9)6-3-7-4-8(6)2;2-1-3/h5,8-10,13,15H,3-4,6-7,11,17H2,1-2H3;3-4H,1-2H3;1H,(H,2,3). The van der Waals surface area contributed by atoms with E-state index in [-0.39, 0.29) is 18.3 Å². The molecule has 0 aliphatic rings. The second kappa shape index (κ2) is 15.7. The van der Waals surface area contributed by atoms with E-state index in [0.717, 1.165) is 11.4 Å². The molecule has 0 aliphatic heterocycles. The smallest absolute Gasteiger partial charge is 0.290 e. The first-order chi connectivity index (χ1) is 13.8. The second-order valence-corrected chi connectivity index (χ2v) is 7.32. The molecule has 162 valence electrons. The van der Waals surface area contributed by atoms with Crippen LogP contribution in [0.4, 0.5) is 0 Å². The van der Waals surface area contributed by atoms with Gasteiger partial charge >= 0.3 is 0 Å². The average molecular weight is 424 g/mol. The Hall–Kier alpha value is -2.18. The van der Waals surface area contributed by atoms with Crippen LogP contribution in [0.15, 0.2) is 36.8 Å². The van der Waals surface area contributed by atoms with Gasteiger partial charge in [0, 0.05) is 25.0 Å². The van der Waals surface area contributed by atoms with Crippen LogP contribution in [0.5, 0.6) is 0 Å². The zero-order valence-corrected chi connectivity index (χ0v) is 18.6. The van der Waals surface area contributed by atoms with E-state index in [1.54, 1.807) is 24.1 Å². The Morgan fingerprint density at radius 1 is 1.31 bits per heavy atom. The number of nitrogens with zero attached hydrogens (tertiary/aromatic N) is 2. The number of hydrogen-bond acceptors (Lipinski definition) is 4. The van der Waals surface area contributed by atoms with Crippen molar-refractivity contribution in [3.63, 3.8) is 0 Å². The lowest BCUT2D eigenvalue weighted by atomic mass is 9.87. The zero-order chi connectivity index (χ0) is 22.2. The summed E-state index contributed by atoms with van der Waals surface area (Å²) in [5.41, 5.74) is 8.23. The van der Waals surface area contributed by atoms with Crippen LogP contribution in [0, 0.1) is 5.92 Å². The van der Waals surface area contributed by atoms with Crippen molar-refractivity contribution < 1.29 is 14.7 Å². The monoisotopic (exact) mass is 423 g/mol. The van der Waals surface area contributed by atoms with E-state index in [1.165, 1.54) is 38.2 Å². The average Bonchev–Trinajstić information content (AvgIpc) is 3.09. The van der Waals surface area contributed by atoms with Crippen LogP contribution in [0.25, 0.3) is 0 Å². The molecule has 1 heterocycles. The van der Waals surface area contributed by atoms with Gasteiger partial charge in [0.2, 0.25) is 0 Å². The SMILES string of the molecule is CC(=O)c1cncn1C.CCCC(CCC)C(N)Cc1cccc(Cl)c1.O=CO. The van der Waals surface area contributed by atoms with Crippen molar-refractivity contribution in [1.82, 2.24) is 9.55 Å². The summed E-state index contributed by atoms with van der Waals surface area (Å²) in [7, 11) is 1.80. The van der Waals surface area contributed by atoms with Crippen LogP contribution in [-0.2, 0) is 18.3 Å². The van der Waals surface area contributed by atoms with E-state index < -0.39 is 0 Å². The fourth-order valence-electron chi connectivity index (χ4n) is 3.11. The number of hydrogen-bond donors (Lipinski definition) is 2. The summed E-state index contributed by atoms with van der Waals surface area (Å²) in [6.07, 6.45) is 9.00. The van der Waals surface area contributed by atoms with Crippen LogP contribution < -0.4 is 5.73 Å². The number of imidazole rings is 1. The molecule has 1 atom stereocenters. The lowest BCUT2D eigenvalue weighted by Gasteiger charge is -2.23. The maximum atomic E-state index is 10.7. The van der Waals surface area contributed by atoms with Crippen molar-refractivity contribution in [3.05, 3.63) is 53.1 Å². The molecule has 0 radical (unpaired) electrons. The van der Waals surface area contributed by atoms with Crippen LogP contribution >= 0.6 is 11.6 Å². The minimum atomic E-state index is -0.250. The number of nitrogens with two attached hydrogens (primary N) is 1. The van der Waals surface area contributed by atoms with Gasteiger partial charge in [0.1, 0.15) is 5.69 Å². The zero-order valence-electron chi connectivity index (χ0n) is 17.8. The fourth-order valence-corrected chi connectivity index (χ4v) is 3.33. The number of aryl methyl sites for hydroxylation is 1. The van der Waals surface area contributed by atoms with Gasteiger partial charge in [-0.1, -0.05) is 50.4 Å². The number of benzene rings is 1. The number of carbonyl (C=O) groups excluding carboxylic acids is 1. The van der Waals surface area contributed by atoms with Crippen molar-refractivity contribution >= 4 is 23.9 Å². The Morgan fingerprint density at radius 3 is 2.28 bits per heavy atom. The third-order valence-electron chi connectivity index (χ3n) is 4.46. The minimum Gasteiger partial charge on any atom is -0.483 e. The lowest BCUT2D eigenvalue weighted by Crippen LogP contribution is -2.32. The molecule has 2 rings (SSSR count). The van der Waals surface area contributed by atoms with Crippen molar-refractivity contribution in [1.29, 1.82) is 0 Å². The lowest BCUT2D eigenvalue weighted by molar-refractivity contribution is -0.122. The molecule has 0 saturated heterocycles. The Morgan fingerprint density at radius 2 is 1.90 bits per heavy atom. The van der Waals surface area contributed by atoms with Crippen molar-refractivity contribution in [3.8, 4) is 0 Å². The van der Waals surface area contributed by atoms with Crippen molar-refractivity contribution in [2.45, 2.75) is 58.9 Å². The van der Waals surface area contributed by atoms with Crippen LogP contribution in [0.2, 0.25) is 5.02 Å². The molecule has 0 amide bonds. The number of Topliss-reactive ketones (excluding diaryl/α,β-unsaturated/α-hetero) is 1. The van der Waals surface area contributed by atoms with E-state index in [1.807, 2.05) is 18.2 Å². The van der Waals surface area contributed by atoms with E-state index in [4.69, 9.17) is 27.2 Å². The predicted molar refractivity (Wildman–Crippen MR) is 118 cm³/mol. The first kappa shape index (κ1) is 26.8. The number of aromatic nitrogens is 2. The Bertz CT molecular complexity index is 713. The highest BCUT2D eigenvalue weighted by atomic mass is 35.5. The summed E-state index contributed by atoms with van der Waals surface area (Å²) < 4.78 is 1.70. The molecule has 1 aromatic carbocycles. The van der Waals surface area contributed by atoms with Gasteiger partial charge in [-0.25, -0.2) is 4.98 Å². The van der Waals surface area contributed by atoms with Gasteiger partial charge in [0.25, 0.3) is 6.47 Å². The number of carbonyl (C=O) groups is 2. The third kappa shape index (κ3) is 11.4. The highest BCUT2D eigenvalue weighted by Gasteiger charge is 2.16. The molecule has 6 nitrogen and oxygen atoms in total. The highest BCUT2D eigenvalue weighted by Crippen LogP contribution is 2.20. The third-order valence-corrected chi connectivity index (χ3v) is 4.70. The summed E-state index contributed by atoms with van der Waals surface area (Å²) in [6.45, 7) is 5.74. The molecule has 0 fully saturated rings. The van der Waals surface area contributed by atoms with Crippen molar-refractivity contribution in [2.75, 3.05) is 0 Å². The quantitative estimate of drug-likeness (QED) is 0.471. The van der Waals surface area contributed by atoms with E-state index >= 15 is 0 Å². The number of halogens is 1. The Labute approximate surface area is 179 Å². The summed E-state index contributed by atoms with van der Waals surface area (Å²) in [5, 5.41) is 7.69. The van der Waals surface area contributed by atoms with E-state index in [9.17, 15) is 4.79 Å². The summed E-state index contributed by atoms with van der Waals surface area (Å²) in [4.78, 5) is 22.8. The summed E-state index contributed by atoms with van der Waals surface area (Å²) in [6, 6.07) is 8.30. The maximum Gasteiger partial charge on any atom is 0.290 e. The van der Waals surface area contributed by atoms with Gasteiger partial charge in [0.05, 0.1) is 12.5 Å². The topological polar surface area (TPSA) is 98.2 Å². The van der Waals surface area contributed by atoms with Crippen molar-refractivity contribution in [2.24, 2.45) is 18.7 Å². The molecule has 0 bridgehead atoms. The minimum absolute atomic E-state index is 0.0509. The molecular weight excluding hydrogens is 390 g/mol. The molecule has 0 saturated carbocycles. The Kier molecular flexibility index (Phi) is 14.5. The summed E-state index contributed by atoms with van der Waals surface area (Å²) >= 11 is 5.99. The van der Waals surface area contributed by atoms with Gasteiger partial charge in [-0.05, 0) is 42.9 Å². The highest BCUT2D eigenvalue weighted by molar-refractivity contribution is 6.30. The number of ketones is 1. The number of carboxylic acid groups (broad SMARTS) is 1. The van der Waals surface area contributed by atoms with E-state index in [2.05, 4.69) is 24.9 Å². The Balaban J connectivity index is 0.000000544. The molecule has 0 spiro atoms. The van der Waals surface area contributed by atoms with E-state index in [0.29, 0.717) is 11.6 Å². The number of rotatable bonds is 8. The van der Waals surface area contributed by atoms with Gasteiger partial charge in [-0.3, -0.25) is 9.59 Å². The van der Waals surface area contributed by atoms with Gasteiger partial charge in [-0.2, -0.15) is 0 Å². The second-order valence-electron chi connectivity index (χ2n) is 6.89. The normalized spacial score (nSPS) is 11.0. The molecule has 0 aliphatic carbocycles. The maximum absolute atomic E-state index is 10.7. The molecule has 3 N–H and O–H groups in total. The van der Waals surface area contributed by atoms with Gasteiger partial charge < -0.3 is 15.4 Å². The first-order valence-corrected chi connectivity index (χ1v) is 10.2. The van der Waals surface area contributed by atoms with Gasteiger partial charge in [-0.15, -0.1) is 0 Å². The van der Waals surface area contributed by atoms with Crippen LogP contribution in [-0.4, -0.2) is 33.0 Å². The van der Waals surface area contributed by atoms with Gasteiger partial charge in [0.15, 0.2) is 5.78 Å². The molecule has 29 heavy (non-hydrogen) atoms. The molecule has 2 aromatic rings. The van der Waals surface area contributed by atoms with Crippen LogP contribution in [0.1, 0.15) is 62.5 Å².